The fourth-order valence-electron chi connectivity index (χ4n) is 4.69. The second-order valence-electron chi connectivity index (χ2n) is 11.5. The number of hydrogen-bond acceptors (Lipinski definition) is 2. The summed E-state index contributed by atoms with van der Waals surface area (Å²) in [7, 11) is 0. The molecular formula is C36H69ClO4. The van der Waals surface area contributed by atoms with E-state index in [9.17, 15) is 9.59 Å². The summed E-state index contributed by atoms with van der Waals surface area (Å²) in [5.41, 5.74) is 0. The third kappa shape index (κ3) is 48.8. The summed E-state index contributed by atoms with van der Waals surface area (Å²) >= 11 is 0. The van der Waals surface area contributed by atoms with E-state index >= 15 is 0 Å². The van der Waals surface area contributed by atoms with Gasteiger partial charge in [-0.3, -0.25) is 9.59 Å². The molecule has 2 N–H and O–H groups in total. The van der Waals surface area contributed by atoms with Crippen molar-refractivity contribution in [1.82, 2.24) is 0 Å². The lowest BCUT2D eigenvalue weighted by atomic mass is 10.1. The Morgan fingerprint density at radius 1 is 0.390 bits per heavy atom. The van der Waals surface area contributed by atoms with Gasteiger partial charge in [0.1, 0.15) is 0 Å². The van der Waals surface area contributed by atoms with Gasteiger partial charge in [-0.2, -0.15) is 0 Å². The van der Waals surface area contributed by atoms with Crippen molar-refractivity contribution in [2.45, 2.75) is 194 Å². The molecule has 0 bridgehead atoms. The number of carboxylic acids is 2. The van der Waals surface area contributed by atoms with Crippen LogP contribution in [-0.4, -0.2) is 22.2 Å². The Labute approximate surface area is 261 Å². The summed E-state index contributed by atoms with van der Waals surface area (Å²) in [6.07, 6.45) is 42.5. The average Bonchev–Trinajstić information content (AvgIpc) is 2.93. The van der Waals surface area contributed by atoms with E-state index in [0.29, 0.717) is 12.8 Å². The lowest BCUT2D eigenvalue weighted by Gasteiger charge is -1.99. The number of carbonyl (C=O) groups is 2. The Balaban J connectivity index is -0.000000688. The molecule has 0 heterocycles. The summed E-state index contributed by atoms with van der Waals surface area (Å²) in [6, 6.07) is 0. The number of halogens is 1. The van der Waals surface area contributed by atoms with E-state index in [1.165, 1.54) is 141 Å². The summed E-state index contributed by atoms with van der Waals surface area (Å²) < 4.78 is 0. The summed E-state index contributed by atoms with van der Waals surface area (Å²) in [5.74, 6) is -1.33. The van der Waals surface area contributed by atoms with Gasteiger partial charge in [0.25, 0.3) is 0 Å². The Hall–Kier alpha value is -1.29. The van der Waals surface area contributed by atoms with Crippen molar-refractivity contribution >= 4 is 24.3 Å². The van der Waals surface area contributed by atoms with Crippen molar-refractivity contribution in [3.63, 3.8) is 0 Å². The Bertz CT molecular complexity index is 524. The predicted molar refractivity (Wildman–Crippen MR) is 181 cm³/mol. The maximum Gasteiger partial charge on any atom is 0.303 e. The predicted octanol–water partition coefficient (Wildman–Crippen LogP) is 12.6. The van der Waals surface area contributed by atoms with Gasteiger partial charge >= 0.3 is 11.9 Å². The number of aliphatic carboxylic acids is 2. The van der Waals surface area contributed by atoms with Crippen LogP contribution in [0.1, 0.15) is 194 Å². The molecule has 0 aromatic carbocycles. The smallest absolute Gasteiger partial charge is 0.303 e. The summed E-state index contributed by atoms with van der Waals surface area (Å²) in [6.45, 7) is 4.52. The molecule has 0 amide bonds. The van der Waals surface area contributed by atoms with Gasteiger partial charge in [0, 0.05) is 12.8 Å². The molecule has 0 spiro atoms. The molecule has 244 valence electrons. The van der Waals surface area contributed by atoms with Crippen LogP contribution in [0.25, 0.3) is 0 Å². The molecular weight excluding hydrogens is 532 g/mol. The van der Waals surface area contributed by atoms with Gasteiger partial charge in [-0.25, -0.2) is 0 Å². The van der Waals surface area contributed by atoms with Crippen molar-refractivity contribution < 1.29 is 19.8 Å². The van der Waals surface area contributed by atoms with E-state index in [0.717, 1.165) is 25.7 Å². The van der Waals surface area contributed by atoms with Gasteiger partial charge in [0.15, 0.2) is 0 Å². The average molecular weight is 601 g/mol. The first-order chi connectivity index (χ1) is 19.5. The zero-order chi connectivity index (χ0) is 29.8. The molecule has 0 aliphatic heterocycles. The van der Waals surface area contributed by atoms with Crippen molar-refractivity contribution in [2.75, 3.05) is 0 Å². The lowest BCUT2D eigenvalue weighted by Crippen LogP contribution is -1.93. The van der Waals surface area contributed by atoms with Crippen molar-refractivity contribution in [3.8, 4) is 0 Å². The molecule has 0 aliphatic rings. The molecule has 0 radical (unpaired) electrons. The van der Waals surface area contributed by atoms with Crippen LogP contribution < -0.4 is 0 Å². The van der Waals surface area contributed by atoms with E-state index in [4.69, 9.17) is 10.2 Å². The van der Waals surface area contributed by atoms with Gasteiger partial charge in [-0.05, 0) is 64.2 Å². The molecule has 0 aromatic rings. The van der Waals surface area contributed by atoms with E-state index in [2.05, 4.69) is 38.2 Å². The van der Waals surface area contributed by atoms with E-state index in [-0.39, 0.29) is 12.4 Å². The van der Waals surface area contributed by atoms with Crippen LogP contribution in [0, 0.1) is 0 Å². The topological polar surface area (TPSA) is 74.6 Å². The van der Waals surface area contributed by atoms with Gasteiger partial charge in [0.05, 0.1) is 0 Å². The van der Waals surface area contributed by atoms with Gasteiger partial charge < -0.3 is 10.2 Å². The molecule has 0 aromatic heterocycles. The van der Waals surface area contributed by atoms with E-state index in [1.807, 2.05) is 0 Å². The first-order valence-corrected chi connectivity index (χ1v) is 17.3. The number of rotatable bonds is 30. The summed E-state index contributed by atoms with van der Waals surface area (Å²) in [5, 5.41) is 17.0. The van der Waals surface area contributed by atoms with Crippen molar-refractivity contribution in [2.24, 2.45) is 0 Å². The molecule has 0 atom stereocenters. The fraction of sp³-hybridized carbons (Fsp3) is 0.833. The molecule has 0 rings (SSSR count). The first kappa shape index (κ1) is 44.2. The zero-order valence-corrected chi connectivity index (χ0v) is 28.0. The van der Waals surface area contributed by atoms with E-state index < -0.39 is 11.9 Å². The lowest BCUT2D eigenvalue weighted by molar-refractivity contribution is -0.138. The van der Waals surface area contributed by atoms with Crippen LogP contribution in [0.4, 0.5) is 0 Å². The number of hydrogen-bond donors (Lipinski definition) is 2. The normalized spacial score (nSPS) is 11.0. The molecule has 0 saturated heterocycles. The first-order valence-electron chi connectivity index (χ1n) is 17.3. The quantitative estimate of drug-likeness (QED) is 0.0635. The van der Waals surface area contributed by atoms with Crippen LogP contribution >= 0.6 is 12.4 Å². The molecule has 0 fully saturated rings. The van der Waals surface area contributed by atoms with Crippen LogP contribution in [0.3, 0.4) is 0 Å². The zero-order valence-electron chi connectivity index (χ0n) is 27.2. The molecule has 5 heteroatoms. The van der Waals surface area contributed by atoms with E-state index in [1.54, 1.807) is 0 Å². The monoisotopic (exact) mass is 600 g/mol. The second-order valence-corrected chi connectivity index (χ2v) is 11.5. The maximum absolute atomic E-state index is 10.3. The third-order valence-corrected chi connectivity index (χ3v) is 7.30. The van der Waals surface area contributed by atoms with Crippen molar-refractivity contribution in [3.05, 3.63) is 24.3 Å². The van der Waals surface area contributed by atoms with Crippen LogP contribution in [-0.2, 0) is 9.59 Å². The third-order valence-electron chi connectivity index (χ3n) is 7.30. The minimum absolute atomic E-state index is 0. The Morgan fingerprint density at radius 3 is 0.854 bits per heavy atom. The van der Waals surface area contributed by atoms with Gasteiger partial charge in [0.2, 0.25) is 0 Å². The Kier molecular flexibility index (Phi) is 44.0. The number of carboxylic acid groups (broad SMARTS) is 2. The molecule has 4 nitrogen and oxygen atoms in total. The highest BCUT2D eigenvalue weighted by molar-refractivity contribution is 5.85. The standard InChI is InChI=1S/2C18H34O2.ClH/c2*1-2-3-4-5-6-7-8-9-10-11-12-13-14-15-16-17-18(19)20;/h2*9-10H,2-8,11-17H2,1H3,(H,19,20);1H/b2*10-9-;. The highest BCUT2D eigenvalue weighted by Crippen LogP contribution is 2.11. The minimum atomic E-state index is -0.664. The molecule has 0 unspecified atom stereocenters. The minimum Gasteiger partial charge on any atom is -0.481 e. The van der Waals surface area contributed by atoms with Gasteiger partial charge in [-0.1, -0.05) is 141 Å². The highest BCUT2D eigenvalue weighted by atomic mass is 35.5. The summed E-state index contributed by atoms with van der Waals surface area (Å²) in [4.78, 5) is 20.6. The van der Waals surface area contributed by atoms with Crippen molar-refractivity contribution in [1.29, 1.82) is 0 Å². The molecule has 41 heavy (non-hydrogen) atoms. The van der Waals surface area contributed by atoms with Crippen LogP contribution in [0.5, 0.6) is 0 Å². The highest BCUT2D eigenvalue weighted by Gasteiger charge is 1.97. The van der Waals surface area contributed by atoms with Gasteiger partial charge in [-0.15, -0.1) is 12.4 Å². The number of allylic oxidation sites excluding steroid dienone is 4. The Morgan fingerprint density at radius 2 is 0.610 bits per heavy atom. The number of unbranched alkanes of at least 4 members (excludes halogenated alkanes) is 22. The SMILES string of the molecule is CCCCCCCC/C=C\CCCCCCCC(=O)O.CCCCCCCC/C=C\CCCCCCCC(=O)O.Cl. The molecule has 0 aliphatic carbocycles. The van der Waals surface area contributed by atoms with Crippen LogP contribution in [0.15, 0.2) is 24.3 Å². The molecule has 0 saturated carbocycles. The fourth-order valence-corrected chi connectivity index (χ4v) is 4.69. The second kappa shape index (κ2) is 40.8. The largest absolute Gasteiger partial charge is 0.481 e. The van der Waals surface area contributed by atoms with Crippen LogP contribution in [0.2, 0.25) is 0 Å². The maximum atomic E-state index is 10.3.